The number of anilines is 2. The molecule has 0 saturated heterocycles. The van der Waals surface area contributed by atoms with Gasteiger partial charge in [-0.3, -0.25) is 9.59 Å². The van der Waals surface area contributed by atoms with Gasteiger partial charge in [-0.15, -0.1) is 0 Å². The monoisotopic (exact) mass is 415 g/mol. The Hall–Kier alpha value is -2.34. The fourth-order valence-corrected chi connectivity index (χ4v) is 3.70. The number of benzene rings is 2. The summed E-state index contributed by atoms with van der Waals surface area (Å²) in [4.78, 5) is 26.5. The molecule has 0 aromatic heterocycles. The lowest BCUT2D eigenvalue weighted by molar-refractivity contribution is -0.123. The molecule has 1 heterocycles. The van der Waals surface area contributed by atoms with Gasteiger partial charge < -0.3 is 15.5 Å². The normalized spacial score (nSPS) is 15.5. The molecular formula is C20H22BrN3O2. The predicted molar refractivity (Wildman–Crippen MR) is 107 cm³/mol. The van der Waals surface area contributed by atoms with Crippen LogP contribution in [0.15, 0.2) is 46.9 Å². The first-order valence-corrected chi connectivity index (χ1v) is 9.40. The fourth-order valence-electron chi connectivity index (χ4n) is 3.22. The van der Waals surface area contributed by atoms with Crippen molar-refractivity contribution in [2.24, 2.45) is 0 Å². The maximum absolute atomic E-state index is 12.3. The second-order valence-corrected chi connectivity index (χ2v) is 7.51. The standard InChI is InChI=1S/C20H22BrN3O2/c1-13-9-16(21)7-8-17(13)23-19(25)11-22-20(26)12-24-14(2)10-15-5-3-4-6-18(15)24/h3-9,14H,10-12H2,1-2H3,(H,22,26)(H,23,25)/t14-/m0/s1. The molecule has 2 amide bonds. The summed E-state index contributed by atoms with van der Waals surface area (Å²) >= 11 is 3.40. The largest absolute Gasteiger partial charge is 0.359 e. The number of nitrogens with zero attached hydrogens (tertiary/aromatic N) is 1. The zero-order valence-electron chi connectivity index (χ0n) is 14.9. The Labute approximate surface area is 161 Å². The van der Waals surface area contributed by atoms with Gasteiger partial charge in [0.2, 0.25) is 11.8 Å². The molecule has 2 aromatic carbocycles. The van der Waals surface area contributed by atoms with E-state index in [1.165, 1.54) is 5.56 Å². The Bertz CT molecular complexity index is 838. The molecule has 5 nitrogen and oxygen atoms in total. The Morgan fingerprint density at radius 2 is 1.96 bits per heavy atom. The molecule has 0 fully saturated rings. The smallest absolute Gasteiger partial charge is 0.243 e. The molecule has 1 atom stereocenters. The van der Waals surface area contributed by atoms with E-state index in [2.05, 4.69) is 44.5 Å². The summed E-state index contributed by atoms with van der Waals surface area (Å²) in [6, 6.07) is 14.0. The summed E-state index contributed by atoms with van der Waals surface area (Å²) in [5.41, 5.74) is 4.07. The van der Waals surface area contributed by atoms with Crippen LogP contribution in [0.5, 0.6) is 0 Å². The van der Waals surface area contributed by atoms with Crippen LogP contribution in [-0.2, 0) is 16.0 Å². The minimum Gasteiger partial charge on any atom is -0.359 e. The molecule has 0 unspecified atom stereocenters. The van der Waals surface area contributed by atoms with Crippen LogP contribution in [0.3, 0.4) is 0 Å². The Balaban J connectivity index is 1.52. The summed E-state index contributed by atoms with van der Waals surface area (Å²) < 4.78 is 0.960. The molecule has 136 valence electrons. The van der Waals surface area contributed by atoms with E-state index in [1.54, 1.807) is 0 Å². The molecule has 0 aliphatic carbocycles. The lowest BCUT2D eigenvalue weighted by atomic mass is 10.1. The second-order valence-electron chi connectivity index (χ2n) is 6.59. The van der Waals surface area contributed by atoms with E-state index in [9.17, 15) is 9.59 Å². The third kappa shape index (κ3) is 4.25. The second kappa shape index (κ2) is 7.91. The minimum absolute atomic E-state index is 0.0434. The zero-order chi connectivity index (χ0) is 18.7. The van der Waals surface area contributed by atoms with Crippen molar-refractivity contribution in [2.45, 2.75) is 26.3 Å². The molecule has 26 heavy (non-hydrogen) atoms. The fraction of sp³-hybridized carbons (Fsp3) is 0.300. The first-order chi connectivity index (χ1) is 12.4. The molecule has 0 bridgehead atoms. The van der Waals surface area contributed by atoms with E-state index in [0.29, 0.717) is 0 Å². The molecule has 3 rings (SSSR count). The number of amides is 2. The van der Waals surface area contributed by atoms with Crippen LogP contribution < -0.4 is 15.5 Å². The first kappa shape index (κ1) is 18.5. The lowest BCUT2D eigenvalue weighted by Gasteiger charge is -2.24. The number of para-hydroxylation sites is 1. The SMILES string of the molecule is Cc1cc(Br)ccc1NC(=O)CNC(=O)CN1c2ccccc2C[C@@H]1C. The van der Waals surface area contributed by atoms with Gasteiger partial charge in [0.05, 0.1) is 13.1 Å². The number of hydrogen-bond donors (Lipinski definition) is 2. The Morgan fingerprint density at radius 3 is 2.73 bits per heavy atom. The van der Waals surface area contributed by atoms with Crippen molar-refractivity contribution >= 4 is 39.1 Å². The molecular weight excluding hydrogens is 394 g/mol. The van der Waals surface area contributed by atoms with E-state index >= 15 is 0 Å². The van der Waals surface area contributed by atoms with Crippen molar-refractivity contribution in [1.82, 2.24) is 5.32 Å². The van der Waals surface area contributed by atoms with Crippen LogP contribution in [-0.4, -0.2) is 30.9 Å². The van der Waals surface area contributed by atoms with Gasteiger partial charge in [-0.1, -0.05) is 34.1 Å². The van der Waals surface area contributed by atoms with Gasteiger partial charge in [-0.05, 0) is 55.7 Å². The highest BCUT2D eigenvalue weighted by atomic mass is 79.9. The van der Waals surface area contributed by atoms with E-state index in [0.717, 1.165) is 27.8 Å². The quantitative estimate of drug-likeness (QED) is 0.787. The Kier molecular flexibility index (Phi) is 5.61. The van der Waals surface area contributed by atoms with Gasteiger partial charge in [-0.2, -0.15) is 0 Å². The van der Waals surface area contributed by atoms with E-state index in [4.69, 9.17) is 0 Å². The van der Waals surface area contributed by atoms with Crippen molar-refractivity contribution in [2.75, 3.05) is 23.3 Å². The summed E-state index contributed by atoms with van der Waals surface area (Å²) in [6.07, 6.45) is 0.937. The molecule has 6 heteroatoms. The number of aryl methyl sites for hydroxylation is 1. The number of carbonyl (C=O) groups excluding carboxylic acids is 2. The van der Waals surface area contributed by atoms with Gasteiger partial charge in [0.1, 0.15) is 0 Å². The highest BCUT2D eigenvalue weighted by molar-refractivity contribution is 9.10. The molecule has 0 saturated carbocycles. The van der Waals surface area contributed by atoms with Crippen LogP contribution in [0.2, 0.25) is 0 Å². The molecule has 1 aliphatic rings. The van der Waals surface area contributed by atoms with Crippen LogP contribution in [0.25, 0.3) is 0 Å². The van der Waals surface area contributed by atoms with Crippen molar-refractivity contribution in [3.63, 3.8) is 0 Å². The lowest BCUT2D eigenvalue weighted by Crippen LogP contribution is -2.42. The number of carbonyl (C=O) groups is 2. The number of nitrogens with one attached hydrogen (secondary N) is 2. The third-order valence-corrected chi connectivity index (χ3v) is 5.06. The van der Waals surface area contributed by atoms with E-state index in [-0.39, 0.29) is 30.9 Å². The highest BCUT2D eigenvalue weighted by Gasteiger charge is 2.27. The minimum atomic E-state index is -0.237. The van der Waals surface area contributed by atoms with Crippen LogP contribution >= 0.6 is 15.9 Å². The zero-order valence-corrected chi connectivity index (χ0v) is 16.5. The summed E-state index contributed by atoms with van der Waals surface area (Å²) in [6.45, 7) is 4.24. The van der Waals surface area contributed by atoms with Crippen molar-refractivity contribution < 1.29 is 9.59 Å². The summed E-state index contributed by atoms with van der Waals surface area (Å²) in [5, 5.41) is 5.53. The summed E-state index contributed by atoms with van der Waals surface area (Å²) in [5.74, 6) is -0.394. The maximum atomic E-state index is 12.3. The molecule has 2 aromatic rings. The molecule has 2 N–H and O–H groups in total. The average Bonchev–Trinajstić information content (AvgIpc) is 2.91. The average molecular weight is 416 g/mol. The number of halogens is 1. The highest BCUT2D eigenvalue weighted by Crippen LogP contribution is 2.31. The Morgan fingerprint density at radius 1 is 1.19 bits per heavy atom. The predicted octanol–water partition coefficient (Wildman–Crippen LogP) is 3.26. The van der Waals surface area contributed by atoms with Crippen molar-refractivity contribution in [3.8, 4) is 0 Å². The topological polar surface area (TPSA) is 61.4 Å². The van der Waals surface area contributed by atoms with Gasteiger partial charge in [-0.25, -0.2) is 0 Å². The van der Waals surface area contributed by atoms with Gasteiger partial charge in [0.15, 0.2) is 0 Å². The van der Waals surface area contributed by atoms with E-state index in [1.807, 2.05) is 43.3 Å². The maximum Gasteiger partial charge on any atom is 0.243 e. The van der Waals surface area contributed by atoms with Crippen molar-refractivity contribution in [3.05, 3.63) is 58.1 Å². The third-order valence-electron chi connectivity index (χ3n) is 4.57. The summed E-state index contributed by atoms with van der Waals surface area (Å²) in [7, 11) is 0. The van der Waals surface area contributed by atoms with Crippen LogP contribution in [0, 0.1) is 6.92 Å². The molecule has 0 radical (unpaired) electrons. The van der Waals surface area contributed by atoms with Crippen molar-refractivity contribution in [1.29, 1.82) is 0 Å². The molecule has 1 aliphatic heterocycles. The molecule has 0 spiro atoms. The van der Waals surface area contributed by atoms with Gasteiger partial charge >= 0.3 is 0 Å². The number of fused-ring (bicyclic) bond motifs is 1. The van der Waals surface area contributed by atoms with Gasteiger partial charge in [0.25, 0.3) is 0 Å². The number of rotatable bonds is 5. The van der Waals surface area contributed by atoms with E-state index < -0.39 is 0 Å². The van der Waals surface area contributed by atoms with Crippen LogP contribution in [0.4, 0.5) is 11.4 Å². The first-order valence-electron chi connectivity index (χ1n) is 8.61. The number of hydrogen-bond acceptors (Lipinski definition) is 3. The van der Waals surface area contributed by atoms with Crippen LogP contribution in [0.1, 0.15) is 18.1 Å². The van der Waals surface area contributed by atoms with Gasteiger partial charge in [0, 0.05) is 21.9 Å².